The normalized spacial score (nSPS) is 18.0. The average Bonchev–Trinajstić information content (AvgIpc) is 3.66. The van der Waals surface area contributed by atoms with Gasteiger partial charge in [0.1, 0.15) is 33.0 Å². The van der Waals surface area contributed by atoms with Crippen molar-refractivity contribution < 1.29 is 23.4 Å². The first kappa shape index (κ1) is 28.6. The van der Waals surface area contributed by atoms with Crippen LogP contribution in [0.1, 0.15) is 30.6 Å². The molecule has 5 rings (SSSR count). The molecule has 0 bridgehead atoms. The van der Waals surface area contributed by atoms with Crippen LogP contribution in [0.2, 0.25) is 0 Å². The summed E-state index contributed by atoms with van der Waals surface area (Å²) in [5, 5.41) is 9.25. The third-order valence-corrected chi connectivity index (χ3v) is 8.80. The maximum Gasteiger partial charge on any atom is 0.333 e. The van der Waals surface area contributed by atoms with E-state index in [1.807, 2.05) is 0 Å². The van der Waals surface area contributed by atoms with Crippen LogP contribution in [0.15, 0.2) is 40.2 Å². The second kappa shape index (κ2) is 11.2. The van der Waals surface area contributed by atoms with E-state index in [9.17, 15) is 18.8 Å². The minimum Gasteiger partial charge on any atom is -0.496 e. The SMILES string of the molecule is COCCO[C@@H](Cn1c(=O)n([C@@]2(C)CCN(C)C2=O)c(=O)c2c(C)c(-n3nccn3)sc21)c1cc(F)ccc1OC. The molecule has 0 radical (unpaired) electrons. The molecule has 0 saturated carbocycles. The Labute approximate surface area is 238 Å². The molecule has 1 saturated heterocycles. The number of aryl methyl sites for hydroxylation is 1. The Balaban J connectivity index is 1.78. The van der Waals surface area contributed by atoms with E-state index >= 15 is 0 Å². The van der Waals surface area contributed by atoms with E-state index in [1.54, 1.807) is 20.9 Å². The maximum atomic E-state index is 14.5. The highest BCUT2D eigenvalue weighted by molar-refractivity contribution is 7.21. The van der Waals surface area contributed by atoms with E-state index in [2.05, 4.69) is 10.2 Å². The number of hydrogen-bond acceptors (Lipinski definition) is 9. The molecule has 218 valence electrons. The average molecular weight is 587 g/mol. The fraction of sp³-hybridized carbons (Fsp3) is 0.444. The predicted molar refractivity (Wildman–Crippen MR) is 149 cm³/mol. The summed E-state index contributed by atoms with van der Waals surface area (Å²) in [4.78, 5) is 44.9. The van der Waals surface area contributed by atoms with Crippen molar-refractivity contribution in [3.05, 3.63) is 68.4 Å². The van der Waals surface area contributed by atoms with Crippen LogP contribution in [-0.4, -0.2) is 76.0 Å². The first-order valence-electron chi connectivity index (χ1n) is 13.0. The van der Waals surface area contributed by atoms with Gasteiger partial charge in [0.2, 0.25) is 5.91 Å². The number of hydrogen-bond donors (Lipinski definition) is 0. The Morgan fingerprint density at radius 1 is 1.15 bits per heavy atom. The lowest BCUT2D eigenvalue weighted by atomic mass is 10.00. The van der Waals surface area contributed by atoms with Crippen LogP contribution in [-0.2, 0) is 26.4 Å². The van der Waals surface area contributed by atoms with E-state index in [1.165, 1.54) is 70.4 Å². The van der Waals surface area contributed by atoms with E-state index in [0.29, 0.717) is 33.3 Å². The van der Waals surface area contributed by atoms with E-state index in [-0.39, 0.29) is 37.5 Å². The van der Waals surface area contributed by atoms with Gasteiger partial charge in [-0.05, 0) is 38.5 Å². The number of likely N-dealkylation sites (tertiary alicyclic amines) is 1. The predicted octanol–water partition coefficient (Wildman–Crippen LogP) is 2.24. The third-order valence-electron chi connectivity index (χ3n) is 7.52. The van der Waals surface area contributed by atoms with Crippen LogP contribution in [0.4, 0.5) is 4.39 Å². The molecule has 1 amide bonds. The summed E-state index contributed by atoms with van der Waals surface area (Å²) in [6.07, 6.45) is 2.44. The molecular formula is C27H31FN6O6S. The molecule has 2 atom stereocenters. The van der Waals surface area contributed by atoms with Crippen molar-refractivity contribution in [3.8, 4) is 10.8 Å². The van der Waals surface area contributed by atoms with Gasteiger partial charge in [0.25, 0.3) is 5.56 Å². The van der Waals surface area contributed by atoms with E-state index < -0.39 is 28.7 Å². The smallest absolute Gasteiger partial charge is 0.333 e. The van der Waals surface area contributed by atoms with E-state index in [4.69, 9.17) is 14.2 Å². The summed E-state index contributed by atoms with van der Waals surface area (Å²) >= 11 is 1.17. The van der Waals surface area contributed by atoms with Gasteiger partial charge in [0.05, 0.1) is 44.6 Å². The van der Waals surface area contributed by atoms with Gasteiger partial charge in [0.15, 0.2) is 0 Å². The van der Waals surface area contributed by atoms with Crippen LogP contribution in [0, 0.1) is 12.7 Å². The second-order valence-corrected chi connectivity index (χ2v) is 11.0. The number of nitrogens with zero attached hydrogens (tertiary/aromatic N) is 6. The number of amides is 1. The van der Waals surface area contributed by atoms with Gasteiger partial charge < -0.3 is 19.1 Å². The molecule has 1 fully saturated rings. The Hall–Kier alpha value is -3.88. The highest BCUT2D eigenvalue weighted by atomic mass is 32.1. The van der Waals surface area contributed by atoms with Gasteiger partial charge in [-0.25, -0.2) is 13.8 Å². The molecule has 3 aromatic heterocycles. The summed E-state index contributed by atoms with van der Waals surface area (Å²) in [5.74, 6) is -0.464. The molecular weight excluding hydrogens is 555 g/mol. The number of carbonyl (C=O) groups excluding carboxylic acids is 1. The molecule has 0 aliphatic carbocycles. The summed E-state index contributed by atoms with van der Waals surface area (Å²) in [6.45, 7) is 4.05. The molecule has 0 spiro atoms. The maximum absolute atomic E-state index is 14.5. The zero-order chi connectivity index (χ0) is 29.5. The highest BCUT2D eigenvalue weighted by Crippen LogP contribution is 2.35. The van der Waals surface area contributed by atoms with Crippen molar-refractivity contribution in [3.63, 3.8) is 0 Å². The summed E-state index contributed by atoms with van der Waals surface area (Å²) in [7, 11) is 4.63. The summed E-state index contributed by atoms with van der Waals surface area (Å²) < 4.78 is 33.7. The lowest BCUT2D eigenvalue weighted by molar-refractivity contribution is -0.133. The number of fused-ring (bicyclic) bond motifs is 1. The monoisotopic (exact) mass is 586 g/mol. The van der Waals surface area contributed by atoms with Gasteiger partial charge in [-0.3, -0.25) is 14.2 Å². The Kier molecular flexibility index (Phi) is 7.81. The summed E-state index contributed by atoms with van der Waals surface area (Å²) in [6, 6.07) is 4.06. The number of ether oxygens (including phenoxy) is 3. The Bertz CT molecular complexity index is 1710. The van der Waals surface area contributed by atoms with Gasteiger partial charge in [-0.2, -0.15) is 10.2 Å². The van der Waals surface area contributed by atoms with Gasteiger partial charge >= 0.3 is 5.69 Å². The van der Waals surface area contributed by atoms with Crippen LogP contribution in [0.3, 0.4) is 0 Å². The molecule has 12 nitrogen and oxygen atoms in total. The number of rotatable bonds is 10. The second-order valence-electron chi connectivity index (χ2n) is 10.1. The van der Waals surface area contributed by atoms with Crippen molar-refractivity contribution in [1.29, 1.82) is 0 Å². The van der Waals surface area contributed by atoms with Gasteiger partial charge in [-0.15, -0.1) is 4.80 Å². The zero-order valence-electron chi connectivity index (χ0n) is 23.4. The lowest BCUT2D eigenvalue weighted by Gasteiger charge is -2.27. The van der Waals surface area contributed by atoms with Gasteiger partial charge in [-0.1, -0.05) is 11.3 Å². The van der Waals surface area contributed by atoms with Crippen LogP contribution in [0.5, 0.6) is 5.75 Å². The Morgan fingerprint density at radius 2 is 1.88 bits per heavy atom. The van der Waals surface area contributed by atoms with Crippen molar-refractivity contribution in [2.24, 2.45) is 0 Å². The number of likely N-dealkylation sites (N-methyl/N-ethyl adjacent to an activating group) is 1. The molecule has 0 unspecified atom stereocenters. The van der Waals surface area contributed by atoms with Crippen molar-refractivity contribution in [1.82, 2.24) is 29.0 Å². The lowest BCUT2D eigenvalue weighted by Crippen LogP contribution is -2.53. The molecule has 0 N–H and O–H groups in total. The van der Waals surface area contributed by atoms with Crippen LogP contribution >= 0.6 is 11.3 Å². The van der Waals surface area contributed by atoms with Crippen LogP contribution in [0.25, 0.3) is 15.2 Å². The number of carbonyl (C=O) groups is 1. The molecule has 41 heavy (non-hydrogen) atoms. The highest BCUT2D eigenvalue weighted by Gasteiger charge is 2.46. The standard InChI is InChI=1S/C27H31FN6O6S/c1-16-21-22(35)33(27(2)8-11-31(3)25(27)36)26(37)32(24(21)41-23(16)34-29-9-10-30-34)15-20(40-13-12-38-4)18-14-17(28)6-7-19(18)39-5/h6-7,9-10,14,20H,8,11-13,15H2,1-5H3/t20-,27-/m0/s1. The number of aromatic nitrogens is 5. The molecule has 1 aliphatic heterocycles. The van der Waals surface area contributed by atoms with Crippen molar-refractivity contribution in [2.45, 2.75) is 38.5 Å². The first-order valence-corrected chi connectivity index (χ1v) is 13.8. The number of halogens is 1. The topological polar surface area (TPSA) is 123 Å². The quantitative estimate of drug-likeness (QED) is 0.259. The van der Waals surface area contributed by atoms with Crippen LogP contribution < -0.4 is 16.0 Å². The molecule has 1 aromatic carbocycles. The third kappa shape index (κ3) is 4.85. The fourth-order valence-electron chi connectivity index (χ4n) is 5.29. The number of thiophene rings is 1. The molecule has 1 aliphatic rings. The minimum atomic E-state index is -1.39. The minimum absolute atomic E-state index is 0.106. The largest absolute Gasteiger partial charge is 0.496 e. The Morgan fingerprint density at radius 3 is 2.51 bits per heavy atom. The number of benzene rings is 1. The first-order chi connectivity index (χ1) is 19.6. The molecule has 4 heterocycles. The molecule has 14 heteroatoms. The summed E-state index contributed by atoms with van der Waals surface area (Å²) in [5.41, 5.74) is -1.69. The van der Waals surface area contributed by atoms with Crippen molar-refractivity contribution in [2.75, 3.05) is 41.0 Å². The van der Waals surface area contributed by atoms with Gasteiger partial charge in [0, 0.05) is 31.8 Å². The zero-order valence-corrected chi connectivity index (χ0v) is 24.2. The van der Waals surface area contributed by atoms with Crippen molar-refractivity contribution >= 4 is 27.5 Å². The molecule has 4 aromatic rings. The van der Waals surface area contributed by atoms with E-state index in [0.717, 1.165) is 4.57 Å². The fourth-order valence-corrected chi connectivity index (χ4v) is 6.51. The number of methoxy groups -OCH3 is 2.